The molecule has 1 aliphatic rings. The quantitative estimate of drug-likeness (QED) is 0.353. The van der Waals surface area contributed by atoms with Crippen molar-refractivity contribution < 1.29 is 27.5 Å². The summed E-state index contributed by atoms with van der Waals surface area (Å²) in [5, 5.41) is 8.05. The first kappa shape index (κ1) is 30.1. The standard InChI is InChI=1S/C20H21N3O2.C6H4F3NO.C2H6/c1-12(2)15-6-8-16(9-7-15)19(24)17-11-23(20(25)14(17)4)18-10-5-13(3)21-22-18;7-6(8,9)11-5-3-1-2-4-10-5;1-2/h5-10,12H,11H2,1-4H3;1-4H;1-2H3. The number of hydrogen-bond donors (Lipinski definition) is 0. The smallest absolute Gasteiger partial charge is 0.388 e. The van der Waals surface area contributed by atoms with Crippen molar-refractivity contribution in [1.82, 2.24) is 15.2 Å². The van der Waals surface area contributed by atoms with Gasteiger partial charge in [0.1, 0.15) is 0 Å². The number of benzene rings is 1. The number of ether oxygens (including phenoxy) is 1. The Morgan fingerprint density at radius 3 is 2.13 bits per heavy atom. The van der Waals surface area contributed by atoms with Gasteiger partial charge in [-0.15, -0.1) is 18.3 Å². The van der Waals surface area contributed by atoms with E-state index in [0.29, 0.717) is 28.4 Å². The topological polar surface area (TPSA) is 85.3 Å². The molecule has 0 saturated carbocycles. The molecule has 38 heavy (non-hydrogen) atoms. The Morgan fingerprint density at radius 1 is 0.974 bits per heavy atom. The molecule has 0 N–H and O–H groups in total. The van der Waals surface area contributed by atoms with Crippen molar-refractivity contribution >= 4 is 17.5 Å². The maximum absolute atomic E-state index is 12.8. The van der Waals surface area contributed by atoms with Crippen molar-refractivity contribution in [1.29, 1.82) is 0 Å². The summed E-state index contributed by atoms with van der Waals surface area (Å²) in [7, 11) is 0. The molecule has 0 spiro atoms. The zero-order chi connectivity index (χ0) is 28.5. The van der Waals surface area contributed by atoms with Crippen LogP contribution < -0.4 is 9.64 Å². The van der Waals surface area contributed by atoms with Crippen LogP contribution >= 0.6 is 0 Å². The number of amides is 1. The number of aromatic nitrogens is 3. The molecule has 3 heterocycles. The Balaban J connectivity index is 0.000000327. The van der Waals surface area contributed by atoms with Crippen LogP contribution in [0.5, 0.6) is 5.88 Å². The van der Waals surface area contributed by atoms with Crippen LogP contribution in [0.3, 0.4) is 0 Å². The second kappa shape index (κ2) is 13.5. The Kier molecular flexibility index (Phi) is 10.7. The number of carbonyl (C=O) groups excluding carboxylic acids is 2. The average molecular weight is 529 g/mol. The van der Waals surface area contributed by atoms with Crippen LogP contribution in [0.15, 0.2) is 71.9 Å². The number of rotatable bonds is 5. The molecule has 1 aromatic carbocycles. The van der Waals surface area contributed by atoms with Crippen LogP contribution in [0, 0.1) is 6.92 Å². The van der Waals surface area contributed by atoms with Crippen LogP contribution in [0.4, 0.5) is 19.0 Å². The van der Waals surface area contributed by atoms with Crippen molar-refractivity contribution in [3.05, 3.63) is 88.8 Å². The highest BCUT2D eigenvalue weighted by molar-refractivity contribution is 6.20. The maximum Gasteiger partial charge on any atom is 0.574 e. The number of nitrogens with zero attached hydrogens (tertiary/aromatic N) is 4. The summed E-state index contributed by atoms with van der Waals surface area (Å²) < 4.78 is 37.9. The molecule has 0 saturated heterocycles. The van der Waals surface area contributed by atoms with Gasteiger partial charge in [-0.3, -0.25) is 14.5 Å². The van der Waals surface area contributed by atoms with Gasteiger partial charge in [0.05, 0.1) is 12.2 Å². The van der Waals surface area contributed by atoms with Gasteiger partial charge in [-0.25, -0.2) is 4.98 Å². The van der Waals surface area contributed by atoms with Gasteiger partial charge in [-0.2, -0.15) is 5.10 Å². The van der Waals surface area contributed by atoms with E-state index in [1.165, 1.54) is 28.8 Å². The Morgan fingerprint density at radius 2 is 1.63 bits per heavy atom. The Bertz CT molecular complexity index is 1240. The van der Waals surface area contributed by atoms with Crippen molar-refractivity contribution in [3.8, 4) is 5.88 Å². The summed E-state index contributed by atoms with van der Waals surface area (Å²) in [5.74, 6) is 0.130. The summed E-state index contributed by atoms with van der Waals surface area (Å²) >= 11 is 0. The molecule has 202 valence electrons. The fraction of sp³-hybridized carbons (Fsp3) is 0.321. The molecule has 3 aromatic rings. The number of alkyl halides is 3. The molecule has 0 fully saturated rings. The first-order chi connectivity index (χ1) is 18.0. The molecule has 0 aliphatic carbocycles. The molecule has 0 unspecified atom stereocenters. The number of aryl methyl sites for hydroxylation is 1. The van der Waals surface area contributed by atoms with E-state index >= 15 is 0 Å². The predicted octanol–water partition coefficient (Wildman–Crippen LogP) is 6.46. The van der Waals surface area contributed by atoms with E-state index in [1.807, 2.05) is 45.0 Å². The molecular formula is C28H31F3N4O3. The summed E-state index contributed by atoms with van der Waals surface area (Å²) in [5.41, 5.74) is 3.55. The first-order valence-corrected chi connectivity index (χ1v) is 12.1. The van der Waals surface area contributed by atoms with E-state index < -0.39 is 12.2 Å². The average Bonchev–Trinajstić information content (AvgIpc) is 3.19. The van der Waals surface area contributed by atoms with E-state index in [9.17, 15) is 22.8 Å². The van der Waals surface area contributed by atoms with Gasteiger partial charge in [0.25, 0.3) is 5.91 Å². The van der Waals surface area contributed by atoms with Crippen molar-refractivity contribution in [2.45, 2.75) is 53.8 Å². The van der Waals surface area contributed by atoms with Crippen LogP contribution in [0.25, 0.3) is 0 Å². The number of Topliss-reactive ketones (excluding diaryl/α,β-unsaturated/α-hetero) is 1. The lowest BCUT2D eigenvalue weighted by Gasteiger charge is -2.14. The van der Waals surface area contributed by atoms with Gasteiger partial charge in [0.2, 0.25) is 5.88 Å². The monoisotopic (exact) mass is 528 g/mol. The predicted molar refractivity (Wildman–Crippen MR) is 139 cm³/mol. The van der Waals surface area contributed by atoms with Gasteiger partial charge >= 0.3 is 6.36 Å². The minimum absolute atomic E-state index is 0.108. The lowest BCUT2D eigenvalue weighted by atomic mass is 9.97. The summed E-state index contributed by atoms with van der Waals surface area (Å²) in [6.07, 6.45) is -3.44. The third kappa shape index (κ3) is 8.22. The van der Waals surface area contributed by atoms with Crippen molar-refractivity contribution in [3.63, 3.8) is 0 Å². The third-order valence-corrected chi connectivity index (χ3v) is 5.37. The van der Waals surface area contributed by atoms with Crippen LogP contribution in [-0.4, -0.2) is 39.8 Å². The largest absolute Gasteiger partial charge is 0.574 e. The molecule has 1 amide bonds. The molecule has 0 radical (unpaired) electrons. The Hall–Kier alpha value is -4.08. The van der Waals surface area contributed by atoms with E-state index in [4.69, 9.17) is 0 Å². The van der Waals surface area contributed by atoms with Gasteiger partial charge in [0, 0.05) is 29.0 Å². The highest BCUT2D eigenvalue weighted by Crippen LogP contribution is 2.27. The normalized spacial score (nSPS) is 13.0. The highest BCUT2D eigenvalue weighted by atomic mass is 19.4. The number of ketones is 1. The van der Waals surface area contributed by atoms with Crippen LogP contribution in [0.2, 0.25) is 0 Å². The zero-order valence-electron chi connectivity index (χ0n) is 22.2. The fourth-order valence-corrected chi connectivity index (χ4v) is 3.36. The maximum atomic E-state index is 12.8. The summed E-state index contributed by atoms with van der Waals surface area (Å²) in [6, 6.07) is 15.2. The lowest BCUT2D eigenvalue weighted by Crippen LogP contribution is -2.28. The van der Waals surface area contributed by atoms with Gasteiger partial charge in [-0.1, -0.05) is 58.0 Å². The van der Waals surface area contributed by atoms with E-state index in [2.05, 4.69) is 33.8 Å². The number of carbonyl (C=O) groups is 2. The first-order valence-electron chi connectivity index (χ1n) is 12.1. The summed E-state index contributed by atoms with van der Waals surface area (Å²) in [6.45, 7) is 12.0. The molecule has 4 rings (SSSR count). The van der Waals surface area contributed by atoms with Crippen molar-refractivity contribution in [2.75, 3.05) is 11.4 Å². The van der Waals surface area contributed by atoms with Crippen molar-refractivity contribution in [2.24, 2.45) is 0 Å². The van der Waals surface area contributed by atoms with E-state index in [1.54, 1.807) is 19.1 Å². The molecule has 0 bridgehead atoms. The second-order valence-corrected chi connectivity index (χ2v) is 8.35. The van der Waals surface area contributed by atoms with E-state index in [0.717, 1.165) is 11.8 Å². The second-order valence-electron chi connectivity index (χ2n) is 8.35. The van der Waals surface area contributed by atoms with Crippen LogP contribution in [-0.2, 0) is 4.79 Å². The SMILES string of the molecule is CC.CC1=C(C(=O)c2ccc(C(C)C)cc2)CN(c2ccc(C)nn2)C1=O.FC(F)(F)Oc1ccccn1. The fourth-order valence-electron chi connectivity index (χ4n) is 3.36. The lowest BCUT2D eigenvalue weighted by molar-refractivity contribution is -0.276. The third-order valence-electron chi connectivity index (χ3n) is 5.37. The van der Waals surface area contributed by atoms with Gasteiger partial charge in [-0.05, 0) is 43.5 Å². The molecule has 7 nitrogen and oxygen atoms in total. The molecule has 10 heteroatoms. The highest BCUT2D eigenvalue weighted by Gasteiger charge is 2.33. The molecule has 0 atom stereocenters. The summed E-state index contributed by atoms with van der Waals surface area (Å²) in [4.78, 5) is 30.2. The number of hydrogen-bond acceptors (Lipinski definition) is 6. The van der Waals surface area contributed by atoms with Gasteiger partial charge in [0.15, 0.2) is 11.6 Å². The number of pyridine rings is 1. The zero-order valence-corrected chi connectivity index (χ0v) is 22.2. The number of halogens is 3. The van der Waals surface area contributed by atoms with E-state index in [-0.39, 0.29) is 18.2 Å². The van der Waals surface area contributed by atoms with Crippen LogP contribution in [0.1, 0.15) is 62.2 Å². The minimum atomic E-state index is -4.66. The molecular weight excluding hydrogens is 497 g/mol. The Labute approximate surface area is 220 Å². The van der Waals surface area contributed by atoms with Gasteiger partial charge < -0.3 is 4.74 Å². The molecule has 1 aliphatic heterocycles. The minimum Gasteiger partial charge on any atom is -0.388 e. The molecule has 2 aromatic heterocycles. The number of anilines is 1.